The summed E-state index contributed by atoms with van der Waals surface area (Å²) in [7, 11) is 0. The summed E-state index contributed by atoms with van der Waals surface area (Å²) >= 11 is 0. The predicted octanol–water partition coefficient (Wildman–Crippen LogP) is 1.89. The van der Waals surface area contributed by atoms with E-state index in [4.69, 9.17) is 9.47 Å². The van der Waals surface area contributed by atoms with Crippen molar-refractivity contribution in [3.63, 3.8) is 0 Å². The molecule has 1 aromatic carbocycles. The van der Waals surface area contributed by atoms with Crippen LogP contribution in [0.2, 0.25) is 0 Å². The Morgan fingerprint density at radius 3 is 2.55 bits per heavy atom. The maximum atomic E-state index is 11.8. The maximum absolute atomic E-state index is 11.8. The summed E-state index contributed by atoms with van der Waals surface area (Å²) in [5.41, 5.74) is 1.01. The van der Waals surface area contributed by atoms with E-state index < -0.39 is 11.8 Å². The first-order valence-electron chi connectivity index (χ1n) is 6.38. The highest BCUT2D eigenvalue weighted by Crippen LogP contribution is 2.23. The molecule has 0 spiro atoms. The summed E-state index contributed by atoms with van der Waals surface area (Å²) in [6.45, 7) is 3.69. The van der Waals surface area contributed by atoms with Crippen LogP contribution in [-0.2, 0) is 25.6 Å². The molecule has 0 bridgehead atoms. The first kappa shape index (κ1) is 14.1. The van der Waals surface area contributed by atoms with Gasteiger partial charge in [0.2, 0.25) is 11.7 Å². The highest BCUT2D eigenvalue weighted by molar-refractivity contribution is 5.86. The van der Waals surface area contributed by atoms with E-state index in [1.807, 2.05) is 30.3 Å². The molecule has 0 aromatic heterocycles. The van der Waals surface area contributed by atoms with Crippen LogP contribution in [0.25, 0.3) is 0 Å². The van der Waals surface area contributed by atoms with E-state index >= 15 is 0 Å². The summed E-state index contributed by atoms with van der Waals surface area (Å²) in [4.78, 5) is 23.2. The summed E-state index contributed by atoms with van der Waals surface area (Å²) in [6.07, 6.45) is 1.22. The van der Waals surface area contributed by atoms with Crippen LogP contribution in [-0.4, -0.2) is 17.7 Å². The Hall–Kier alpha value is -2.30. The number of carbonyl (C=O) groups is 2. The van der Waals surface area contributed by atoms with Crippen LogP contribution in [0.5, 0.6) is 0 Å². The number of benzene rings is 1. The van der Waals surface area contributed by atoms with Gasteiger partial charge in [-0.1, -0.05) is 30.3 Å². The third-order valence-corrected chi connectivity index (χ3v) is 2.67. The Morgan fingerprint density at radius 1 is 1.20 bits per heavy atom. The van der Waals surface area contributed by atoms with Crippen LogP contribution in [0.15, 0.2) is 42.2 Å². The Labute approximate surface area is 117 Å². The minimum atomic E-state index is -1.03. The second kappa shape index (κ2) is 5.77. The van der Waals surface area contributed by atoms with Crippen molar-refractivity contribution in [3.8, 4) is 0 Å². The van der Waals surface area contributed by atoms with Gasteiger partial charge in [-0.05, 0) is 5.56 Å². The van der Waals surface area contributed by atoms with E-state index in [-0.39, 0.29) is 12.3 Å². The number of hydrogen-bond donors (Lipinski definition) is 1. The van der Waals surface area contributed by atoms with Crippen molar-refractivity contribution in [1.82, 2.24) is 5.32 Å². The average Bonchev–Trinajstić information content (AvgIpc) is 2.35. The average molecular weight is 275 g/mol. The van der Waals surface area contributed by atoms with Gasteiger partial charge in [0.05, 0.1) is 12.5 Å². The van der Waals surface area contributed by atoms with Crippen molar-refractivity contribution < 1.29 is 19.1 Å². The fraction of sp³-hybridized carbons (Fsp3) is 0.333. The zero-order valence-electron chi connectivity index (χ0n) is 11.5. The topological polar surface area (TPSA) is 64.6 Å². The van der Waals surface area contributed by atoms with Crippen LogP contribution in [0.1, 0.15) is 25.8 Å². The lowest BCUT2D eigenvalue weighted by Crippen LogP contribution is -2.35. The molecule has 0 atom stereocenters. The number of carbonyl (C=O) groups excluding carboxylic acids is 2. The SMILES string of the molecule is CC1(C)OC(=O)C=C(CC(=O)NCc2ccccc2)O1. The van der Waals surface area contributed by atoms with Crippen molar-refractivity contribution in [1.29, 1.82) is 0 Å². The first-order valence-corrected chi connectivity index (χ1v) is 6.38. The number of cyclic esters (lactones) is 1. The molecule has 0 radical (unpaired) electrons. The van der Waals surface area contributed by atoms with Crippen molar-refractivity contribution in [3.05, 3.63) is 47.7 Å². The lowest BCUT2D eigenvalue weighted by atomic mass is 10.2. The molecule has 2 rings (SSSR count). The Balaban J connectivity index is 1.87. The van der Waals surface area contributed by atoms with Gasteiger partial charge in [0.15, 0.2) is 0 Å². The number of amides is 1. The molecule has 1 heterocycles. The minimum Gasteiger partial charge on any atom is -0.456 e. The molecule has 1 N–H and O–H groups in total. The first-order chi connectivity index (χ1) is 9.44. The third-order valence-electron chi connectivity index (χ3n) is 2.67. The van der Waals surface area contributed by atoms with Gasteiger partial charge in [-0.25, -0.2) is 4.79 Å². The smallest absolute Gasteiger partial charge is 0.337 e. The predicted molar refractivity (Wildman–Crippen MR) is 72.2 cm³/mol. The second-order valence-electron chi connectivity index (χ2n) is 4.97. The quantitative estimate of drug-likeness (QED) is 0.852. The van der Waals surface area contributed by atoms with Gasteiger partial charge in [-0.3, -0.25) is 4.79 Å². The minimum absolute atomic E-state index is 0.0192. The van der Waals surface area contributed by atoms with E-state index in [0.717, 1.165) is 5.56 Å². The number of hydrogen-bond acceptors (Lipinski definition) is 4. The highest BCUT2D eigenvalue weighted by atomic mass is 16.7. The molecule has 106 valence electrons. The Morgan fingerprint density at radius 2 is 1.90 bits per heavy atom. The highest BCUT2D eigenvalue weighted by Gasteiger charge is 2.30. The van der Waals surface area contributed by atoms with Gasteiger partial charge in [0.25, 0.3) is 0 Å². The molecule has 0 aliphatic carbocycles. The van der Waals surface area contributed by atoms with Gasteiger partial charge < -0.3 is 14.8 Å². The van der Waals surface area contributed by atoms with Crippen LogP contribution in [0, 0.1) is 0 Å². The van der Waals surface area contributed by atoms with Crippen LogP contribution < -0.4 is 5.32 Å². The van der Waals surface area contributed by atoms with Crippen molar-refractivity contribution in [2.75, 3.05) is 0 Å². The Bertz CT molecular complexity index is 534. The summed E-state index contributed by atoms with van der Waals surface area (Å²) in [5.74, 6) is -1.41. The molecule has 0 saturated carbocycles. The van der Waals surface area contributed by atoms with E-state index in [1.165, 1.54) is 6.08 Å². The fourth-order valence-electron chi connectivity index (χ4n) is 1.87. The van der Waals surface area contributed by atoms with Gasteiger partial charge >= 0.3 is 5.97 Å². The molecule has 0 fully saturated rings. The van der Waals surface area contributed by atoms with E-state index in [0.29, 0.717) is 12.3 Å². The molecule has 5 nitrogen and oxygen atoms in total. The third kappa shape index (κ3) is 4.12. The molecule has 0 saturated heterocycles. The zero-order valence-corrected chi connectivity index (χ0v) is 11.5. The van der Waals surface area contributed by atoms with Crippen LogP contribution in [0.4, 0.5) is 0 Å². The standard InChI is InChI=1S/C15H17NO4/c1-15(2)19-12(9-14(18)20-15)8-13(17)16-10-11-6-4-3-5-7-11/h3-7,9H,8,10H2,1-2H3,(H,16,17). The number of esters is 1. The molecule has 1 aromatic rings. The molecule has 20 heavy (non-hydrogen) atoms. The van der Waals surface area contributed by atoms with Gasteiger partial charge in [-0.2, -0.15) is 0 Å². The van der Waals surface area contributed by atoms with Gasteiger partial charge in [-0.15, -0.1) is 0 Å². The van der Waals surface area contributed by atoms with Crippen LogP contribution in [0.3, 0.4) is 0 Å². The largest absolute Gasteiger partial charge is 0.456 e. The lowest BCUT2D eigenvalue weighted by molar-refractivity contribution is -0.205. The van der Waals surface area contributed by atoms with Crippen LogP contribution >= 0.6 is 0 Å². The second-order valence-corrected chi connectivity index (χ2v) is 4.97. The van der Waals surface area contributed by atoms with Crippen molar-refractivity contribution in [2.24, 2.45) is 0 Å². The normalized spacial score (nSPS) is 16.7. The zero-order chi connectivity index (χ0) is 14.6. The molecule has 5 heteroatoms. The molecular formula is C15H17NO4. The van der Waals surface area contributed by atoms with Gasteiger partial charge in [0.1, 0.15) is 5.76 Å². The summed E-state index contributed by atoms with van der Waals surface area (Å²) < 4.78 is 10.4. The molecule has 1 aliphatic rings. The van der Waals surface area contributed by atoms with E-state index in [9.17, 15) is 9.59 Å². The molecule has 0 unspecified atom stereocenters. The number of rotatable bonds is 4. The molecule has 1 amide bonds. The summed E-state index contributed by atoms with van der Waals surface area (Å²) in [5, 5.41) is 2.78. The van der Waals surface area contributed by atoms with Crippen molar-refractivity contribution >= 4 is 11.9 Å². The maximum Gasteiger partial charge on any atom is 0.337 e. The monoisotopic (exact) mass is 275 g/mol. The van der Waals surface area contributed by atoms with E-state index in [2.05, 4.69) is 5.32 Å². The van der Waals surface area contributed by atoms with E-state index in [1.54, 1.807) is 13.8 Å². The molecule has 1 aliphatic heterocycles. The lowest BCUT2D eigenvalue weighted by Gasteiger charge is -2.30. The Kier molecular flexibility index (Phi) is 4.08. The summed E-state index contributed by atoms with van der Waals surface area (Å²) in [6, 6.07) is 9.59. The van der Waals surface area contributed by atoms with Crippen molar-refractivity contribution in [2.45, 2.75) is 32.6 Å². The number of ether oxygens (including phenoxy) is 2. The molecular weight excluding hydrogens is 258 g/mol. The van der Waals surface area contributed by atoms with Gasteiger partial charge in [0, 0.05) is 20.4 Å². The fourth-order valence-corrected chi connectivity index (χ4v) is 1.87. The number of nitrogens with one attached hydrogen (secondary N) is 1.